The summed E-state index contributed by atoms with van der Waals surface area (Å²) in [6.45, 7) is 3.92. The van der Waals surface area contributed by atoms with Gasteiger partial charge in [0.15, 0.2) is 0 Å². The number of rotatable bonds is 4. The Bertz CT molecular complexity index is 380. The van der Waals surface area contributed by atoms with E-state index >= 15 is 0 Å². The van der Waals surface area contributed by atoms with E-state index in [9.17, 15) is 0 Å². The predicted molar refractivity (Wildman–Crippen MR) is 74.4 cm³/mol. The molecule has 2 nitrogen and oxygen atoms in total. The first-order chi connectivity index (χ1) is 8.16. The Morgan fingerprint density at radius 3 is 3.06 bits per heavy atom. The third kappa shape index (κ3) is 3.68. The first-order valence-electron chi connectivity index (χ1n) is 5.96. The second-order valence-corrected chi connectivity index (χ2v) is 5.75. The Hall–Kier alpha value is -0.0900. The number of halogens is 2. The smallest absolute Gasteiger partial charge is 0.0726 e. The summed E-state index contributed by atoms with van der Waals surface area (Å²) >= 11 is 9.44. The normalized spacial score (nSPS) is 21.7. The van der Waals surface area contributed by atoms with E-state index in [1.807, 2.05) is 18.2 Å². The molecule has 94 valence electrons. The molecule has 17 heavy (non-hydrogen) atoms. The van der Waals surface area contributed by atoms with Crippen LogP contribution >= 0.6 is 27.5 Å². The SMILES string of the molecule is CC(NCc1ccc(Cl)cc1Br)C1CCCO1. The maximum Gasteiger partial charge on any atom is 0.0726 e. The lowest BCUT2D eigenvalue weighted by Gasteiger charge is -2.20. The molecule has 0 spiro atoms. The number of hydrogen-bond donors (Lipinski definition) is 1. The zero-order valence-corrected chi connectivity index (χ0v) is 12.2. The van der Waals surface area contributed by atoms with Crippen molar-refractivity contribution < 1.29 is 4.74 Å². The molecule has 1 heterocycles. The van der Waals surface area contributed by atoms with E-state index in [-0.39, 0.29) is 0 Å². The first-order valence-corrected chi connectivity index (χ1v) is 7.13. The minimum Gasteiger partial charge on any atom is -0.377 e. The van der Waals surface area contributed by atoms with E-state index in [4.69, 9.17) is 16.3 Å². The lowest BCUT2D eigenvalue weighted by molar-refractivity contribution is 0.0832. The van der Waals surface area contributed by atoms with Gasteiger partial charge in [0.1, 0.15) is 0 Å². The van der Waals surface area contributed by atoms with Crippen molar-refractivity contribution in [1.82, 2.24) is 5.32 Å². The zero-order valence-electron chi connectivity index (χ0n) is 9.88. The second kappa shape index (κ2) is 6.19. The summed E-state index contributed by atoms with van der Waals surface area (Å²) in [5.74, 6) is 0. The molecule has 1 saturated heterocycles. The molecule has 1 aliphatic rings. The molecule has 0 amide bonds. The van der Waals surface area contributed by atoms with Crippen LogP contribution in [0.5, 0.6) is 0 Å². The van der Waals surface area contributed by atoms with Crippen molar-refractivity contribution in [3.63, 3.8) is 0 Å². The number of hydrogen-bond acceptors (Lipinski definition) is 2. The van der Waals surface area contributed by atoms with Crippen LogP contribution in [0.25, 0.3) is 0 Å². The summed E-state index contributed by atoms with van der Waals surface area (Å²) < 4.78 is 6.71. The number of benzene rings is 1. The van der Waals surface area contributed by atoms with Crippen LogP contribution < -0.4 is 5.32 Å². The zero-order chi connectivity index (χ0) is 12.3. The van der Waals surface area contributed by atoms with Gasteiger partial charge in [0.25, 0.3) is 0 Å². The average Bonchev–Trinajstić information content (AvgIpc) is 2.81. The van der Waals surface area contributed by atoms with Crippen molar-refractivity contribution in [2.45, 2.75) is 38.5 Å². The molecule has 0 aromatic heterocycles. The summed E-state index contributed by atoms with van der Waals surface area (Å²) in [7, 11) is 0. The molecule has 1 fully saturated rings. The van der Waals surface area contributed by atoms with Gasteiger partial charge < -0.3 is 10.1 Å². The van der Waals surface area contributed by atoms with Gasteiger partial charge in [-0.05, 0) is 37.5 Å². The van der Waals surface area contributed by atoms with Crippen LogP contribution in [-0.4, -0.2) is 18.8 Å². The maximum absolute atomic E-state index is 5.91. The van der Waals surface area contributed by atoms with Crippen LogP contribution in [0.3, 0.4) is 0 Å². The Labute approximate surface area is 116 Å². The van der Waals surface area contributed by atoms with Gasteiger partial charge in [-0.25, -0.2) is 0 Å². The highest BCUT2D eigenvalue weighted by Gasteiger charge is 2.21. The molecule has 1 aromatic carbocycles. The second-order valence-electron chi connectivity index (χ2n) is 4.46. The highest BCUT2D eigenvalue weighted by atomic mass is 79.9. The van der Waals surface area contributed by atoms with Crippen molar-refractivity contribution in [2.24, 2.45) is 0 Å². The monoisotopic (exact) mass is 317 g/mol. The third-order valence-electron chi connectivity index (χ3n) is 3.15. The van der Waals surface area contributed by atoms with Crippen LogP contribution in [0.2, 0.25) is 5.02 Å². The van der Waals surface area contributed by atoms with Crippen molar-refractivity contribution in [3.8, 4) is 0 Å². The summed E-state index contributed by atoms with van der Waals surface area (Å²) in [6.07, 6.45) is 2.71. The quantitative estimate of drug-likeness (QED) is 0.912. The molecular formula is C13H17BrClNO. The van der Waals surface area contributed by atoms with E-state index in [0.29, 0.717) is 12.1 Å². The van der Waals surface area contributed by atoms with Gasteiger partial charge in [-0.2, -0.15) is 0 Å². The molecule has 1 aromatic rings. The molecular weight excluding hydrogens is 302 g/mol. The van der Waals surface area contributed by atoms with E-state index in [2.05, 4.69) is 28.2 Å². The summed E-state index contributed by atoms with van der Waals surface area (Å²) in [5.41, 5.74) is 1.22. The fourth-order valence-electron chi connectivity index (χ4n) is 2.06. The number of ether oxygens (including phenoxy) is 1. The van der Waals surface area contributed by atoms with Crippen LogP contribution in [0.1, 0.15) is 25.3 Å². The van der Waals surface area contributed by atoms with E-state index < -0.39 is 0 Å². The fraction of sp³-hybridized carbons (Fsp3) is 0.538. The molecule has 0 bridgehead atoms. The van der Waals surface area contributed by atoms with Gasteiger partial charge in [-0.1, -0.05) is 33.6 Å². The van der Waals surface area contributed by atoms with Crippen molar-refractivity contribution in [1.29, 1.82) is 0 Å². The van der Waals surface area contributed by atoms with Crippen LogP contribution in [0.15, 0.2) is 22.7 Å². The van der Waals surface area contributed by atoms with E-state index in [0.717, 1.165) is 29.1 Å². The molecule has 0 radical (unpaired) electrons. The Morgan fingerprint density at radius 1 is 1.59 bits per heavy atom. The lowest BCUT2D eigenvalue weighted by atomic mass is 10.1. The van der Waals surface area contributed by atoms with Crippen LogP contribution in [0, 0.1) is 0 Å². The Balaban J connectivity index is 1.88. The summed E-state index contributed by atoms with van der Waals surface area (Å²) in [4.78, 5) is 0. The van der Waals surface area contributed by atoms with Crippen molar-refractivity contribution in [2.75, 3.05) is 6.61 Å². The molecule has 1 aliphatic heterocycles. The third-order valence-corrected chi connectivity index (χ3v) is 4.13. The van der Waals surface area contributed by atoms with Crippen molar-refractivity contribution >= 4 is 27.5 Å². The van der Waals surface area contributed by atoms with Gasteiger partial charge >= 0.3 is 0 Å². The minimum absolute atomic E-state index is 0.362. The van der Waals surface area contributed by atoms with E-state index in [1.54, 1.807) is 0 Å². The maximum atomic E-state index is 5.91. The van der Waals surface area contributed by atoms with Gasteiger partial charge in [0.05, 0.1) is 6.10 Å². The summed E-state index contributed by atoms with van der Waals surface area (Å²) in [6, 6.07) is 6.27. The molecule has 2 unspecified atom stereocenters. The van der Waals surface area contributed by atoms with Gasteiger partial charge in [-0.15, -0.1) is 0 Å². The molecule has 4 heteroatoms. The predicted octanol–water partition coefficient (Wildman–Crippen LogP) is 3.76. The molecule has 0 saturated carbocycles. The highest BCUT2D eigenvalue weighted by Crippen LogP contribution is 2.22. The van der Waals surface area contributed by atoms with Gasteiger partial charge in [0, 0.05) is 28.7 Å². The average molecular weight is 319 g/mol. The topological polar surface area (TPSA) is 21.3 Å². The number of nitrogens with one attached hydrogen (secondary N) is 1. The first kappa shape index (κ1) is 13.3. The van der Waals surface area contributed by atoms with Crippen LogP contribution in [0.4, 0.5) is 0 Å². The van der Waals surface area contributed by atoms with Gasteiger partial charge in [-0.3, -0.25) is 0 Å². The standard InChI is InChI=1S/C13H17BrClNO/c1-9(13-3-2-6-17-13)16-8-10-4-5-11(15)7-12(10)14/h4-5,7,9,13,16H,2-3,6,8H2,1H3. The molecule has 1 N–H and O–H groups in total. The van der Waals surface area contributed by atoms with Crippen molar-refractivity contribution in [3.05, 3.63) is 33.3 Å². The Kier molecular flexibility index (Phi) is 4.86. The largest absolute Gasteiger partial charge is 0.377 e. The fourth-order valence-corrected chi connectivity index (χ4v) is 2.89. The summed E-state index contributed by atoms with van der Waals surface area (Å²) in [5, 5.41) is 4.26. The van der Waals surface area contributed by atoms with E-state index in [1.165, 1.54) is 12.0 Å². The lowest BCUT2D eigenvalue weighted by Crippen LogP contribution is -2.36. The van der Waals surface area contributed by atoms with Crippen LogP contribution in [-0.2, 0) is 11.3 Å². The molecule has 2 rings (SSSR count). The Morgan fingerprint density at radius 2 is 2.41 bits per heavy atom. The van der Waals surface area contributed by atoms with Gasteiger partial charge in [0.2, 0.25) is 0 Å². The molecule has 0 aliphatic carbocycles. The highest BCUT2D eigenvalue weighted by molar-refractivity contribution is 9.10. The molecule has 2 atom stereocenters. The minimum atomic E-state index is 0.362.